The van der Waals surface area contributed by atoms with E-state index in [1.807, 2.05) is 6.07 Å². The van der Waals surface area contributed by atoms with E-state index in [2.05, 4.69) is 5.32 Å². The molecule has 5 heteroatoms. The lowest BCUT2D eigenvalue weighted by Crippen LogP contribution is -2.48. The van der Waals surface area contributed by atoms with Crippen LogP contribution in [0.15, 0.2) is 42.1 Å². The lowest BCUT2D eigenvalue weighted by atomic mass is 9.94. The zero-order chi connectivity index (χ0) is 14.0. The summed E-state index contributed by atoms with van der Waals surface area (Å²) in [6.07, 6.45) is 1.38. The Morgan fingerprint density at radius 2 is 1.79 bits per heavy atom. The number of benzene rings is 1. The van der Waals surface area contributed by atoms with Gasteiger partial charge in [0.15, 0.2) is 5.78 Å². The Balaban J connectivity index is 2.55. The molecular formula is C14H14N2O3. The molecule has 1 atom stereocenters. The highest BCUT2D eigenvalue weighted by molar-refractivity contribution is 6.02. The molecular weight excluding hydrogens is 244 g/mol. The number of Topliss-reactive ketones (excluding diaryl/α,β-unsaturated/α-hetero) is 1. The molecule has 0 aliphatic carbocycles. The van der Waals surface area contributed by atoms with Crippen molar-refractivity contribution in [1.82, 2.24) is 10.2 Å². The molecule has 1 aliphatic heterocycles. The number of imide groups is 1. The SMILES string of the molecule is CC(=O)C1=CNC(=O)N(C(C)=O)C1c1ccccc1. The van der Waals surface area contributed by atoms with Gasteiger partial charge in [0.1, 0.15) is 0 Å². The van der Waals surface area contributed by atoms with Crippen molar-refractivity contribution >= 4 is 17.7 Å². The molecule has 19 heavy (non-hydrogen) atoms. The van der Waals surface area contributed by atoms with Crippen molar-refractivity contribution in [2.45, 2.75) is 19.9 Å². The van der Waals surface area contributed by atoms with Crippen LogP contribution in [0.25, 0.3) is 0 Å². The maximum Gasteiger partial charge on any atom is 0.328 e. The Kier molecular flexibility index (Phi) is 3.46. The summed E-state index contributed by atoms with van der Waals surface area (Å²) in [5.74, 6) is -0.585. The molecule has 0 fully saturated rings. The lowest BCUT2D eigenvalue weighted by molar-refractivity contribution is -0.127. The molecule has 0 saturated heterocycles. The molecule has 1 aliphatic rings. The first-order chi connectivity index (χ1) is 9.02. The maximum atomic E-state index is 11.8. The van der Waals surface area contributed by atoms with Crippen molar-refractivity contribution in [2.24, 2.45) is 0 Å². The van der Waals surface area contributed by atoms with Crippen molar-refractivity contribution in [3.63, 3.8) is 0 Å². The molecule has 3 amide bonds. The van der Waals surface area contributed by atoms with Gasteiger partial charge in [0.2, 0.25) is 5.91 Å². The minimum absolute atomic E-state index is 0.180. The van der Waals surface area contributed by atoms with Crippen LogP contribution in [0.1, 0.15) is 25.5 Å². The molecule has 1 N–H and O–H groups in total. The normalized spacial score (nSPS) is 18.6. The first-order valence-electron chi connectivity index (χ1n) is 5.88. The minimum atomic E-state index is -0.662. The van der Waals surface area contributed by atoms with Crippen LogP contribution in [0.5, 0.6) is 0 Å². The van der Waals surface area contributed by atoms with E-state index >= 15 is 0 Å². The van der Waals surface area contributed by atoms with Gasteiger partial charge in [-0.2, -0.15) is 0 Å². The van der Waals surface area contributed by atoms with Crippen molar-refractivity contribution in [3.8, 4) is 0 Å². The van der Waals surface area contributed by atoms with Crippen LogP contribution in [0.3, 0.4) is 0 Å². The van der Waals surface area contributed by atoms with E-state index in [1.165, 1.54) is 20.0 Å². The average molecular weight is 258 g/mol. The van der Waals surface area contributed by atoms with Gasteiger partial charge in [-0.05, 0) is 12.5 Å². The van der Waals surface area contributed by atoms with Crippen molar-refractivity contribution in [2.75, 3.05) is 0 Å². The van der Waals surface area contributed by atoms with Gasteiger partial charge in [0.25, 0.3) is 0 Å². The highest BCUT2D eigenvalue weighted by Gasteiger charge is 2.36. The first-order valence-corrected chi connectivity index (χ1v) is 5.88. The van der Waals surface area contributed by atoms with E-state index in [0.29, 0.717) is 5.57 Å². The summed E-state index contributed by atoms with van der Waals surface area (Å²) in [5, 5.41) is 2.43. The summed E-state index contributed by atoms with van der Waals surface area (Å²) in [6.45, 7) is 2.72. The molecule has 0 saturated carbocycles. The van der Waals surface area contributed by atoms with Crippen LogP contribution < -0.4 is 5.32 Å². The smallest absolute Gasteiger partial charge is 0.314 e. The van der Waals surface area contributed by atoms with Crippen LogP contribution >= 0.6 is 0 Å². The van der Waals surface area contributed by atoms with Gasteiger partial charge in [-0.1, -0.05) is 30.3 Å². The molecule has 1 heterocycles. The fraction of sp³-hybridized carbons (Fsp3) is 0.214. The molecule has 1 aromatic rings. The Morgan fingerprint density at radius 1 is 1.16 bits per heavy atom. The highest BCUT2D eigenvalue weighted by atomic mass is 16.2. The predicted molar refractivity (Wildman–Crippen MR) is 69.0 cm³/mol. The van der Waals surface area contributed by atoms with E-state index in [0.717, 1.165) is 10.5 Å². The lowest BCUT2D eigenvalue weighted by Gasteiger charge is -2.33. The summed E-state index contributed by atoms with van der Waals surface area (Å²) >= 11 is 0. The van der Waals surface area contributed by atoms with Gasteiger partial charge in [0.05, 0.1) is 6.04 Å². The zero-order valence-electron chi connectivity index (χ0n) is 10.7. The number of carbonyl (C=O) groups excluding carboxylic acids is 3. The number of rotatable bonds is 2. The second-order valence-corrected chi connectivity index (χ2v) is 4.31. The molecule has 0 spiro atoms. The zero-order valence-corrected chi connectivity index (χ0v) is 10.7. The van der Waals surface area contributed by atoms with E-state index < -0.39 is 18.0 Å². The summed E-state index contributed by atoms with van der Waals surface area (Å²) < 4.78 is 0. The van der Waals surface area contributed by atoms with Gasteiger partial charge < -0.3 is 5.32 Å². The van der Waals surface area contributed by atoms with Crippen LogP contribution in [0.4, 0.5) is 4.79 Å². The molecule has 0 bridgehead atoms. The molecule has 1 aromatic carbocycles. The average Bonchev–Trinajstić information content (AvgIpc) is 2.38. The van der Waals surface area contributed by atoms with Crippen LogP contribution in [0, 0.1) is 0 Å². The van der Waals surface area contributed by atoms with E-state index in [4.69, 9.17) is 0 Å². The Morgan fingerprint density at radius 3 is 2.32 bits per heavy atom. The quantitative estimate of drug-likeness (QED) is 0.879. The highest BCUT2D eigenvalue weighted by Crippen LogP contribution is 2.31. The number of carbonyl (C=O) groups is 3. The second-order valence-electron chi connectivity index (χ2n) is 4.31. The number of hydrogen-bond acceptors (Lipinski definition) is 3. The first kappa shape index (κ1) is 13.0. The molecule has 0 radical (unpaired) electrons. The molecule has 0 aromatic heterocycles. The monoisotopic (exact) mass is 258 g/mol. The van der Waals surface area contributed by atoms with Crippen LogP contribution in [-0.4, -0.2) is 22.6 Å². The second kappa shape index (κ2) is 5.06. The topological polar surface area (TPSA) is 66.5 Å². The van der Waals surface area contributed by atoms with E-state index in [-0.39, 0.29) is 5.78 Å². The third-order valence-electron chi connectivity index (χ3n) is 2.98. The maximum absolute atomic E-state index is 11.8. The number of hydrogen-bond donors (Lipinski definition) is 1. The molecule has 2 rings (SSSR count). The Labute approximate surface area is 110 Å². The fourth-order valence-electron chi connectivity index (χ4n) is 2.13. The number of nitrogens with one attached hydrogen (secondary N) is 1. The molecule has 98 valence electrons. The number of nitrogens with zero attached hydrogens (tertiary/aromatic N) is 1. The van der Waals surface area contributed by atoms with Gasteiger partial charge in [-0.25, -0.2) is 4.79 Å². The van der Waals surface area contributed by atoms with Crippen molar-refractivity contribution < 1.29 is 14.4 Å². The predicted octanol–water partition coefficient (Wildman–Crippen LogP) is 1.77. The standard InChI is InChI=1S/C14H14N2O3/c1-9(17)12-8-15-14(19)16(10(2)18)13(12)11-6-4-3-5-7-11/h3-8,13H,1-2H3,(H,15,19). The summed E-state index contributed by atoms with van der Waals surface area (Å²) in [6, 6.07) is 7.83. The Bertz CT molecular complexity index is 563. The van der Waals surface area contributed by atoms with Crippen molar-refractivity contribution in [1.29, 1.82) is 0 Å². The number of ketones is 1. The third kappa shape index (κ3) is 2.40. The van der Waals surface area contributed by atoms with Crippen LogP contribution in [-0.2, 0) is 9.59 Å². The van der Waals surface area contributed by atoms with Gasteiger partial charge in [-0.3, -0.25) is 14.5 Å². The molecule has 1 unspecified atom stereocenters. The minimum Gasteiger partial charge on any atom is -0.314 e. The number of urea groups is 1. The summed E-state index contributed by atoms with van der Waals surface area (Å²) in [7, 11) is 0. The van der Waals surface area contributed by atoms with E-state index in [1.54, 1.807) is 24.3 Å². The fourth-order valence-corrected chi connectivity index (χ4v) is 2.13. The Hall–Kier alpha value is -2.43. The van der Waals surface area contributed by atoms with Gasteiger partial charge in [0, 0.05) is 18.7 Å². The number of amides is 3. The van der Waals surface area contributed by atoms with E-state index in [9.17, 15) is 14.4 Å². The summed E-state index contributed by atoms with van der Waals surface area (Å²) in [4.78, 5) is 36.3. The van der Waals surface area contributed by atoms with Crippen molar-refractivity contribution in [3.05, 3.63) is 47.7 Å². The molecule has 5 nitrogen and oxygen atoms in total. The van der Waals surface area contributed by atoms with Gasteiger partial charge in [-0.15, -0.1) is 0 Å². The van der Waals surface area contributed by atoms with Gasteiger partial charge >= 0.3 is 6.03 Å². The van der Waals surface area contributed by atoms with Crippen LogP contribution in [0.2, 0.25) is 0 Å². The third-order valence-corrected chi connectivity index (χ3v) is 2.98. The largest absolute Gasteiger partial charge is 0.328 e. The summed E-state index contributed by atoms with van der Waals surface area (Å²) in [5.41, 5.74) is 1.12.